The van der Waals surface area contributed by atoms with Crippen molar-refractivity contribution in [1.82, 2.24) is 4.90 Å². The van der Waals surface area contributed by atoms with Crippen molar-refractivity contribution in [2.75, 3.05) is 13.1 Å². The number of piperidine rings is 1. The van der Waals surface area contributed by atoms with Gasteiger partial charge in [0.2, 0.25) is 0 Å². The second kappa shape index (κ2) is 5.49. The van der Waals surface area contributed by atoms with Crippen molar-refractivity contribution >= 4 is 39.8 Å². The van der Waals surface area contributed by atoms with E-state index in [-0.39, 0.29) is 5.91 Å². The van der Waals surface area contributed by atoms with E-state index in [1.54, 1.807) is 11.3 Å². The fourth-order valence-electron chi connectivity index (χ4n) is 2.19. The minimum absolute atomic E-state index is 0.220. The van der Waals surface area contributed by atoms with Crippen molar-refractivity contribution in [1.29, 1.82) is 0 Å². The molecule has 1 aliphatic rings. The molecule has 4 heteroatoms. The van der Waals surface area contributed by atoms with Gasteiger partial charge in [-0.05, 0) is 47.4 Å². The maximum absolute atomic E-state index is 12.2. The third-order valence-corrected chi connectivity index (χ3v) is 4.99. The molecule has 0 aliphatic carbocycles. The molecule has 1 unspecified atom stereocenters. The minimum atomic E-state index is 0.220. The number of amides is 1. The molecule has 1 aromatic heterocycles. The first-order valence-corrected chi connectivity index (χ1v) is 7.70. The number of hydrogen-bond donors (Lipinski definition) is 0. The van der Waals surface area contributed by atoms with Gasteiger partial charge < -0.3 is 4.90 Å². The highest BCUT2D eigenvalue weighted by molar-refractivity contribution is 14.1. The van der Waals surface area contributed by atoms with E-state index in [1.807, 2.05) is 16.3 Å². The van der Waals surface area contributed by atoms with Crippen LogP contribution in [0, 0.1) is 8.80 Å². The fraction of sp³-hybridized carbons (Fsp3) is 0.583. The number of carbonyl (C=O) groups is 1. The maximum atomic E-state index is 12.2. The Bertz CT molecular complexity index is 377. The average Bonchev–Trinajstić information content (AvgIpc) is 2.75. The Morgan fingerprint density at radius 2 is 2.50 bits per heavy atom. The lowest BCUT2D eigenvalue weighted by Crippen LogP contribution is -2.39. The zero-order valence-electron chi connectivity index (χ0n) is 9.41. The van der Waals surface area contributed by atoms with Gasteiger partial charge in [-0.2, -0.15) is 0 Å². The molecule has 2 heterocycles. The summed E-state index contributed by atoms with van der Waals surface area (Å²) in [4.78, 5) is 14.2. The summed E-state index contributed by atoms with van der Waals surface area (Å²) in [5.41, 5.74) is 0.867. The zero-order valence-corrected chi connectivity index (χ0v) is 12.4. The lowest BCUT2D eigenvalue weighted by molar-refractivity contribution is 0.0672. The van der Waals surface area contributed by atoms with Crippen LogP contribution < -0.4 is 0 Å². The van der Waals surface area contributed by atoms with Crippen LogP contribution in [-0.2, 0) is 0 Å². The lowest BCUT2D eigenvalue weighted by Gasteiger charge is -2.32. The minimum Gasteiger partial charge on any atom is -0.338 e. The van der Waals surface area contributed by atoms with Gasteiger partial charge >= 0.3 is 0 Å². The third-order valence-electron chi connectivity index (χ3n) is 3.20. The molecule has 0 spiro atoms. The smallest absolute Gasteiger partial charge is 0.254 e. The average molecular weight is 349 g/mol. The first-order valence-electron chi connectivity index (χ1n) is 5.74. The molecule has 0 aromatic carbocycles. The molecular weight excluding hydrogens is 333 g/mol. The molecular formula is C12H16INOS. The van der Waals surface area contributed by atoms with Crippen LogP contribution in [0.3, 0.4) is 0 Å². The van der Waals surface area contributed by atoms with Crippen LogP contribution in [0.5, 0.6) is 0 Å². The highest BCUT2D eigenvalue weighted by atomic mass is 127. The Labute approximate surface area is 114 Å². The highest BCUT2D eigenvalue weighted by Gasteiger charge is 2.23. The Morgan fingerprint density at radius 1 is 1.69 bits per heavy atom. The summed E-state index contributed by atoms with van der Waals surface area (Å²) in [7, 11) is 0. The van der Waals surface area contributed by atoms with E-state index in [0.717, 1.165) is 25.1 Å². The van der Waals surface area contributed by atoms with E-state index in [1.165, 1.54) is 15.7 Å². The molecule has 2 rings (SSSR count). The van der Waals surface area contributed by atoms with E-state index < -0.39 is 0 Å². The summed E-state index contributed by atoms with van der Waals surface area (Å²) >= 11 is 3.91. The Hall–Kier alpha value is -0.100. The molecule has 0 N–H and O–H groups in total. The van der Waals surface area contributed by atoms with Gasteiger partial charge in [-0.3, -0.25) is 4.79 Å². The highest BCUT2D eigenvalue weighted by Crippen LogP contribution is 2.23. The van der Waals surface area contributed by atoms with Gasteiger partial charge in [0.15, 0.2) is 0 Å². The van der Waals surface area contributed by atoms with E-state index in [4.69, 9.17) is 0 Å². The Morgan fingerprint density at radius 3 is 3.12 bits per heavy atom. The molecule has 1 fully saturated rings. The molecule has 0 saturated carbocycles. The summed E-state index contributed by atoms with van der Waals surface area (Å²) in [6.07, 6.45) is 3.62. The molecule has 2 nitrogen and oxygen atoms in total. The van der Waals surface area contributed by atoms with E-state index in [2.05, 4.69) is 29.5 Å². The predicted octanol–water partition coefficient (Wildman–Crippen LogP) is 3.61. The van der Waals surface area contributed by atoms with Crippen LogP contribution in [0.2, 0.25) is 0 Å². The maximum Gasteiger partial charge on any atom is 0.254 e. The Kier molecular flexibility index (Phi) is 4.24. The number of nitrogens with zero attached hydrogens (tertiary/aromatic N) is 1. The van der Waals surface area contributed by atoms with Crippen LogP contribution in [-0.4, -0.2) is 23.9 Å². The van der Waals surface area contributed by atoms with Crippen LogP contribution >= 0.6 is 33.9 Å². The van der Waals surface area contributed by atoms with Crippen molar-refractivity contribution < 1.29 is 4.79 Å². The summed E-state index contributed by atoms with van der Waals surface area (Å²) in [5, 5.41) is 1.97. The second-order valence-electron chi connectivity index (χ2n) is 4.31. The number of halogens is 1. The van der Waals surface area contributed by atoms with Gasteiger partial charge in [0, 0.05) is 18.5 Å². The number of thiophene rings is 1. The fourth-order valence-corrected chi connectivity index (χ4v) is 3.51. The molecule has 0 bridgehead atoms. The first-order chi connectivity index (χ1) is 7.70. The standard InChI is InChI=1S/C12H16INOS/c1-2-9-4-3-5-14(7-9)12(15)10-6-11(13)16-8-10/h6,8-9H,2-5,7H2,1H3. The lowest BCUT2D eigenvalue weighted by atomic mass is 9.95. The van der Waals surface area contributed by atoms with Crippen molar-refractivity contribution in [3.63, 3.8) is 0 Å². The molecule has 1 aromatic rings. The van der Waals surface area contributed by atoms with Crippen LogP contribution in [0.15, 0.2) is 11.4 Å². The normalized spacial score (nSPS) is 21.1. The van der Waals surface area contributed by atoms with Crippen molar-refractivity contribution in [3.8, 4) is 0 Å². The molecule has 1 atom stereocenters. The zero-order chi connectivity index (χ0) is 11.5. The molecule has 16 heavy (non-hydrogen) atoms. The second-order valence-corrected chi connectivity index (χ2v) is 7.11. The van der Waals surface area contributed by atoms with E-state index >= 15 is 0 Å². The van der Waals surface area contributed by atoms with Crippen LogP contribution in [0.25, 0.3) is 0 Å². The summed E-state index contributed by atoms with van der Waals surface area (Å²) in [6.45, 7) is 4.09. The number of likely N-dealkylation sites (tertiary alicyclic amines) is 1. The van der Waals surface area contributed by atoms with Gasteiger partial charge in [0.25, 0.3) is 5.91 Å². The summed E-state index contributed by atoms with van der Waals surface area (Å²) < 4.78 is 1.19. The SMILES string of the molecule is CCC1CCCN(C(=O)c2csc(I)c2)C1. The van der Waals surface area contributed by atoms with Gasteiger partial charge in [-0.25, -0.2) is 0 Å². The number of rotatable bonds is 2. The topological polar surface area (TPSA) is 20.3 Å². The molecule has 1 aliphatic heterocycles. The van der Waals surface area contributed by atoms with Gasteiger partial charge in [0.05, 0.1) is 8.45 Å². The molecule has 88 valence electrons. The van der Waals surface area contributed by atoms with Gasteiger partial charge in [0.1, 0.15) is 0 Å². The molecule has 0 radical (unpaired) electrons. The first kappa shape index (κ1) is 12.4. The van der Waals surface area contributed by atoms with Gasteiger partial charge in [-0.15, -0.1) is 11.3 Å². The van der Waals surface area contributed by atoms with Gasteiger partial charge in [-0.1, -0.05) is 13.3 Å². The summed E-state index contributed by atoms with van der Waals surface area (Å²) in [6, 6.07) is 1.99. The van der Waals surface area contributed by atoms with Crippen molar-refractivity contribution in [2.45, 2.75) is 26.2 Å². The molecule has 1 amide bonds. The van der Waals surface area contributed by atoms with Crippen LogP contribution in [0.1, 0.15) is 36.5 Å². The third kappa shape index (κ3) is 2.77. The van der Waals surface area contributed by atoms with Crippen molar-refractivity contribution in [2.24, 2.45) is 5.92 Å². The monoisotopic (exact) mass is 349 g/mol. The largest absolute Gasteiger partial charge is 0.338 e. The number of hydrogen-bond acceptors (Lipinski definition) is 2. The number of carbonyl (C=O) groups excluding carboxylic acids is 1. The quantitative estimate of drug-likeness (QED) is 0.747. The van der Waals surface area contributed by atoms with E-state index in [0.29, 0.717) is 5.92 Å². The van der Waals surface area contributed by atoms with Crippen LogP contribution in [0.4, 0.5) is 0 Å². The summed E-state index contributed by atoms with van der Waals surface area (Å²) in [5.74, 6) is 0.924. The van der Waals surface area contributed by atoms with Crippen molar-refractivity contribution in [3.05, 3.63) is 19.9 Å². The van der Waals surface area contributed by atoms with E-state index in [9.17, 15) is 4.79 Å². The predicted molar refractivity (Wildman–Crippen MR) is 76.0 cm³/mol. The Balaban J connectivity index is 2.04. The molecule has 1 saturated heterocycles.